The molecule has 0 bridgehead atoms. The van der Waals surface area contributed by atoms with E-state index in [9.17, 15) is 18.3 Å². The number of carboxylic acid groups (broad SMARTS) is 1. The second kappa shape index (κ2) is 5.63. The Morgan fingerprint density at radius 2 is 1.90 bits per heavy atom. The summed E-state index contributed by atoms with van der Waals surface area (Å²) in [5.74, 6) is -1.19. The topological polar surface area (TPSA) is 110 Å². The van der Waals surface area contributed by atoms with Crippen LogP contribution < -0.4 is 10.0 Å². The van der Waals surface area contributed by atoms with Gasteiger partial charge in [-0.3, -0.25) is 0 Å². The lowest BCUT2D eigenvalue weighted by Gasteiger charge is -2.37. The van der Waals surface area contributed by atoms with E-state index >= 15 is 0 Å². The summed E-state index contributed by atoms with van der Waals surface area (Å²) in [6.07, 6.45) is -0.0679. The molecule has 1 aliphatic rings. The van der Waals surface area contributed by atoms with E-state index in [1.165, 1.54) is 12.1 Å². The summed E-state index contributed by atoms with van der Waals surface area (Å²) in [7, 11) is -3.93. The van der Waals surface area contributed by atoms with Crippen LogP contribution in [-0.4, -0.2) is 44.8 Å². The molecule has 116 valence electrons. The molecule has 8 heteroatoms. The fourth-order valence-electron chi connectivity index (χ4n) is 2.51. The summed E-state index contributed by atoms with van der Waals surface area (Å²) >= 11 is 0. The number of ether oxygens (including phenoxy) is 1. The zero-order chi connectivity index (χ0) is 15.8. The second-order valence-corrected chi connectivity index (χ2v) is 6.75. The number of nitrogens with zero attached hydrogens (tertiary/aromatic N) is 1. The summed E-state index contributed by atoms with van der Waals surface area (Å²) in [5, 5.41) is 14.4. The zero-order valence-corrected chi connectivity index (χ0v) is 12.6. The van der Waals surface area contributed by atoms with Crippen LogP contribution in [0.1, 0.15) is 24.2 Å². The molecule has 0 aliphatic carbocycles. The Bertz CT molecular complexity index is 649. The van der Waals surface area contributed by atoms with Crippen LogP contribution in [0.15, 0.2) is 23.1 Å². The molecule has 2 atom stereocenters. The van der Waals surface area contributed by atoms with Gasteiger partial charge in [0.2, 0.25) is 10.0 Å². The van der Waals surface area contributed by atoms with Crippen LogP contribution in [0.5, 0.6) is 0 Å². The van der Waals surface area contributed by atoms with Gasteiger partial charge in [0.05, 0.1) is 28.4 Å². The van der Waals surface area contributed by atoms with Crippen molar-refractivity contribution >= 4 is 21.7 Å². The zero-order valence-electron chi connectivity index (χ0n) is 11.8. The summed E-state index contributed by atoms with van der Waals surface area (Å²) in [6, 6.07) is 3.90. The Labute approximate surface area is 123 Å². The van der Waals surface area contributed by atoms with Crippen LogP contribution in [0.2, 0.25) is 0 Å². The average molecular weight is 314 g/mol. The van der Waals surface area contributed by atoms with E-state index in [2.05, 4.69) is 0 Å². The molecule has 3 N–H and O–H groups in total. The molecule has 1 heterocycles. The Morgan fingerprint density at radius 1 is 1.33 bits per heavy atom. The predicted molar refractivity (Wildman–Crippen MR) is 77.0 cm³/mol. The largest absolute Gasteiger partial charge is 0.478 e. The number of primary sulfonamides is 1. The van der Waals surface area contributed by atoms with Crippen LogP contribution in [0.25, 0.3) is 0 Å². The number of sulfonamides is 1. The number of benzene rings is 1. The molecule has 1 fully saturated rings. The van der Waals surface area contributed by atoms with E-state index in [1.54, 1.807) is 0 Å². The van der Waals surface area contributed by atoms with Crippen LogP contribution in [0.4, 0.5) is 5.69 Å². The minimum Gasteiger partial charge on any atom is -0.478 e. The molecular formula is C13H18N2O5S. The maximum absolute atomic E-state index is 11.4. The molecule has 7 nitrogen and oxygen atoms in total. The van der Waals surface area contributed by atoms with Crippen LogP contribution in [0.3, 0.4) is 0 Å². The van der Waals surface area contributed by atoms with Crippen molar-refractivity contribution in [3.63, 3.8) is 0 Å². The van der Waals surface area contributed by atoms with Gasteiger partial charge in [-0.25, -0.2) is 18.4 Å². The number of rotatable bonds is 3. The molecule has 0 saturated carbocycles. The lowest BCUT2D eigenvalue weighted by Crippen LogP contribution is -2.46. The standard InChI is InChI=1S/C13H18N2O5S/c1-8-6-15(7-9(2)20-8)12-4-3-10(21(14,18)19)5-11(12)13(16)17/h3-5,8-9H,6-7H2,1-2H3,(H,16,17)(H2,14,18,19)/t8-,9+. The van der Waals surface area contributed by atoms with Gasteiger partial charge in [-0.1, -0.05) is 0 Å². The van der Waals surface area contributed by atoms with Gasteiger partial charge in [-0.15, -0.1) is 0 Å². The summed E-state index contributed by atoms with van der Waals surface area (Å²) in [5.41, 5.74) is 0.389. The number of carbonyl (C=O) groups is 1. The molecule has 1 saturated heterocycles. The fourth-order valence-corrected chi connectivity index (χ4v) is 3.05. The quantitative estimate of drug-likeness (QED) is 0.847. The molecule has 1 aromatic carbocycles. The molecule has 1 aliphatic heterocycles. The molecule has 21 heavy (non-hydrogen) atoms. The first kappa shape index (κ1) is 15.7. The van der Waals surface area contributed by atoms with Gasteiger partial charge < -0.3 is 14.7 Å². The highest BCUT2D eigenvalue weighted by molar-refractivity contribution is 7.89. The van der Waals surface area contributed by atoms with E-state index in [0.717, 1.165) is 6.07 Å². The summed E-state index contributed by atoms with van der Waals surface area (Å²) in [4.78, 5) is 13.1. The highest BCUT2D eigenvalue weighted by Gasteiger charge is 2.26. The average Bonchev–Trinajstić information content (AvgIpc) is 2.35. The second-order valence-electron chi connectivity index (χ2n) is 5.19. The van der Waals surface area contributed by atoms with Gasteiger partial charge in [-0.05, 0) is 32.0 Å². The number of aromatic carboxylic acids is 1. The maximum Gasteiger partial charge on any atom is 0.337 e. The van der Waals surface area contributed by atoms with Crippen molar-refractivity contribution in [2.45, 2.75) is 31.0 Å². The Morgan fingerprint density at radius 3 is 2.38 bits per heavy atom. The van der Waals surface area contributed by atoms with Crippen LogP contribution in [-0.2, 0) is 14.8 Å². The number of carboxylic acids is 1. The van der Waals surface area contributed by atoms with Crippen LogP contribution in [0, 0.1) is 0 Å². The van der Waals surface area contributed by atoms with Gasteiger partial charge in [0.15, 0.2) is 0 Å². The molecule has 0 aromatic heterocycles. The normalized spacial score (nSPS) is 23.1. The lowest BCUT2D eigenvalue weighted by atomic mass is 10.1. The van der Waals surface area contributed by atoms with Gasteiger partial charge in [0, 0.05) is 13.1 Å². The monoisotopic (exact) mass is 314 g/mol. The van der Waals surface area contributed by atoms with E-state index < -0.39 is 16.0 Å². The van der Waals surface area contributed by atoms with Crippen molar-refractivity contribution in [2.24, 2.45) is 5.14 Å². The van der Waals surface area contributed by atoms with E-state index in [4.69, 9.17) is 9.88 Å². The third kappa shape index (κ3) is 3.52. The highest BCUT2D eigenvalue weighted by Crippen LogP contribution is 2.27. The third-order valence-electron chi connectivity index (χ3n) is 3.29. The van der Waals surface area contributed by atoms with Gasteiger partial charge >= 0.3 is 5.97 Å². The molecule has 0 unspecified atom stereocenters. The lowest BCUT2D eigenvalue weighted by molar-refractivity contribution is -0.00532. The Kier molecular flexibility index (Phi) is 4.22. The number of nitrogens with two attached hydrogens (primary N) is 1. The molecule has 0 radical (unpaired) electrons. The minimum atomic E-state index is -3.93. The summed E-state index contributed by atoms with van der Waals surface area (Å²) in [6.45, 7) is 4.89. The van der Waals surface area contributed by atoms with Crippen molar-refractivity contribution in [1.29, 1.82) is 0 Å². The molecule has 0 spiro atoms. The first-order valence-corrected chi connectivity index (χ1v) is 8.03. The van der Waals surface area contributed by atoms with E-state index in [0.29, 0.717) is 18.8 Å². The first-order valence-electron chi connectivity index (χ1n) is 6.49. The molecule has 1 aromatic rings. The van der Waals surface area contributed by atoms with E-state index in [1.807, 2.05) is 18.7 Å². The van der Waals surface area contributed by atoms with Crippen LogP contribution >= 0.6 is 0 Å². The van der Waals surface area contributed by atoms with Crippen molar-refractivity contribution in [3.8, 4) is 0 Å². The summed E-state index contributed by atoms with van der Waals surface area (Å²) < 4.78 is 28.3. The smallest absolute Gasteiger partial charge is 0.337 e. The number of hydrogen-bond acceptors (Lipinski definition) is 5. The Hall–Kier alpha value is -1.64. The SMILES string of the molecule is C[C@@H]1CN(c2ccc(S(N)(=O)=O)cc2C(=O)O)C[C@H](C)O1. The van der Waals surface area contributed by atoms with Gasteiger partial charge in [0.1, 0.15) is 0 Å². The van der Waals surface area contributed by atoms with Crippen molar-refractivity contribution in [2.75, 3.05) is 18.0 Å². The molecular weight excluding hydrogens is 296 g/mol. The Balaban J connectivity index is 2.46. The van der Waals surface area contributed by atoms with Crippen molar-refractivity contribution in [3.05, 3.63) is 23.8 Å². The van der Waals surface area contributed by atoms with Gasteiger partial charge in [-0.2, -0.15) is 0 Å². The number of hydrogen-bond donors (Lipinski definition) is 2. The highest BCUT2D eigenvalue weighted by atomic mass is 32.2. The minimum absolute atomic E-state index is 0.0340. The first-order chi connectivity index (χ1) is 9.68. The third-order valence-corrected chi connectivity index (χ3v) is 4.20. The number of anilines is 1. The maximum atomic E-state index is 11.4. The van der Waals surface area contributed by atoms with Gasteiger partial charge in [0.25, 0.3) is 0 Å². The van der Waals surface area contributed by atoms with E-state index in [-0.39, 0.29) is 22.7 Å². The van der Waals surface area contributed by atoms with Crippen molar-refractivity contribution in [1.82, 2.24) is 0 Å². The number of morpholine rings is 1. The van der Waals surface area contributed by atoms with Crippen molar-refractivity contribution < 1.29 is 23.1 Å². The molecule has 0 amide bonds. The fraction of sp³-hybridized carbons (Fsp3) is 0.462. The predicted octanol–water partition coefficient (Wildman–Crippen LogP) is 0.646. The molecule has 2 rings (SSSR count).